The van der Waals surface area contributed by atoms with Gasteiger partial charge in [0.15, 0.2) is 0 Å². The fourth-order valence-electron chi connectivity index (χ4n) is 2.35. The van der Waals surface area contributed by atoms with Crippen molar-refractivity contribution in [2.75, 3.05) is 0 Å². The number of hydrogen-bond acceptors (Lipinski definition) is 4. The second-order valence-corrected chi connectivity index (χ2v) is 7.35. The second-order valence-electron chi connectivity index (χ2n) is 6.57. The number of rotatable bonds is 3. The minimum Gasteiger partial charge on any atom is -0.398 e. The Kier molecular flexibility index (Phi) is 4.17. The maximum absolute atomic E-state index is 14.7. The quantitative estimate of drug-likeness (QED) is 0.761. The van der Waals surface area contributed by atoms with Crippen LogP contribution in [-0.2, 0) is 9.31 Å². The summed E-state index contributed by atoms with van der Waals surface area (Å²) < 4.78 is 26.2. The summed E-state index contributed by atoms with van der Waals surface area (Å²) in [5.41, 5.74) is 0.859. The van der Waals surface area contributed by atoms with Crippen molar-refractivity contribution in [3.8, 4) is 11.3 Å². The van der Waals surface area contributed by atoms with E-state index in [0.29, 0.717) is 5.56 Å². The lowest BCUT2D eigenvalue weighted by atomic mass is 9.86. The van der Waals surface area contributed by atoms with Crippen LogP contribution in [0.15, 0.2) is 40.9 Å². The summed E-state index contributed by atoms with van der Waals surface area (Å²) in [5, 5.41) is 3.97. The molecule has 0 unspecified atom stereocenters. The molecule has 0 radical (unpaired) electrons. The molecule has 2 aromatic heterocycles. The van der Waals surface area contributed by atoms with Crippen LogP contribution in [0.3, 0.4) is 0 Å². The van der Waals surface area contributed by atoms with E-state index in [4.69, 9.17) is 9.31 Å². The van der Waals surface area contributed by atoms with Crippen LogP contribution in [-0.4, -0.2) is 23.3 Å². The summed E-state index contributed by atoms with van der Waals surface area (Å²) in [6.45, 7) is 7.62. The van der Waals surface area contributed by atoms with E-state index in [2.05, 4.69) is 4.98 Å². The first-order valence-electron chi connectivity index (χ1n) is 7.50. The maximum atomic E-state index is 14.7. The SMILES string of the molecule is CC1(C)OB(C(F)=Cc2cccnc2-c2ccsc2)OC1(C)C. The van der Waals surface area contributed by atoms with Gasteiger partial charge < -0.3 is 9.31 Å². The largest absolute Gasteiger partial charge is 0.525 e. The first kappa shape index (κ1) is 16.4. The van der Waals surface area contributed by atoms with Crippen LogP contribution in [0.2, 0.25) is 0 Å². The van der Waals surface area contributed by atoms with Crippen molar-refractivity contribution < 1.29 is 13.7 Å². The molecule has 0 atom stereocenters. The molecule has 1 aliphatic rings. The molecule has 2 aromatic rings. The molecule has 0 amide bonds. The molecular weight excluding hydrogens is 312 g/mol. The van der Waals surface area contributed by atoms with E-state index in [1.165, 1.54) is 6.08 Å². The van der Waals surface area contributed by atoms with E-state index in [1.54, 1.807) is 23.6 Å². The van der Waals surface area contributed by atoms with Gasteiger partial charge in [-0.3, -0.25) is 4.98 Å². The maximum Gasteiger partial charge on any atom is 0.525 e. The molecule has 0 bridgehead atoms. The topological polar surface area (TPSA) is 31.4 Å². The summed E-state index contributed by atoms with van der Waals surface area (Å²) >= 11 is 1.58. The lowest BCUT2D eigenvalue weighted by Crippen LogP contribution is -2.41. The Morgan fingerprint density at radius 2 is 1.91 bits per heavy atom. The van der Waals surface area contributed by atoms with Gasteiger partial charge in [0.1, 0.15) is 5.73 Å². The van der Waals surface area contributed by atoms with Crippen LogP contribution in [0.1, 0.15) is 33.3 Å². The Morgan fingerprint density at radius 1 is 1.22 bits per heavy atom. The highest BCUT2D eigenvalue weighted by molar-refractivity contribution is 7.08. The smallest absolute Gasteiger partial charge is 0.398 e. The van der Waals surface area contributed by atoms with Crippen molar-refractivity contribution in [2.24, 2.45) is 0 Å². The molecule has 0 aliphatic carbocycles. The molecule has 0 saturated carbocycles. The third-order valence-corrected chi connectivity index (χ3v) is 5.09. The lowest BCUT2D eigenvalue weighted by Gasteiger charge is -2.32. The van der Waals surface area contributed by atoms with Gasteiger partial charge in [-0.25, -0.2) is 4.39 Å². The van der Waals surface area contributed by atoms with Gasteiger partial charge in [-0.15, -0.1) is 0 Å². The Hall–Kier alpha value is -1.50. The molecule has 1 fully saturated rings. The second kappa shape index (κ2) is 5.85. The van der Waals surface area contributed by atoms with Gasteiger partial charge in [0, 0.05) is 22.7 Å². The molecular formula is C17H19BFNO2S. The molecule has 0 aromatic carbocycles. The molecule has 120 valence electrons. The van der Waals surface area contributed by atoms with Gasteiger partial charge >= 0.3 is 7.12 Å². The summed E-state index contributed by atoms with van der Waals surface area (Å²) in [7, 11) is -0.990. The minimum absolute atomic E-state index is 0.451. The van der Waals surface area contributed by atoms with Crippen molar-refractivity contribution in [1.82, 2.24) is 4.98 Å². The van der Waals surface area contributed by atoms with E-state index in [1.807, 2.05) is 50.6 Å². The first-order valence-corrected chi connectivity index (χ1v) is 8.45. The Labute approximate surface area is 140 Å². The standard InChI is InChI=1S/C17H19BFNO2S/c1-16(2)17(3,4)22-18(21-16)14(19)10-12-6-5-8-20-15(12)13-7-9-23-11-13/h5-11H,1-4H3. The molecule has 3 heterocycles. The molecule has 0 N–H and O–H groups in total. The number of thiophene rings is 1. The molecule has 23 heavy (non-hydrogen) atoms. The average molecular weight is 331 g/mol. The third-order valence-electron chi connectivity index (χ3n) is 4.41. The zero-order chi connectivity index (χ0) is 16.7. The molecule has 1 saturated heterocycles. The summed E-state index contributed by atoms with van der Waals surface area (Å²) in [4.78, 5) is 4.37. The molecule has 6 heteroatoms. The molecule has 0 spiro atoms. The van der Waals surface area contributed by atoms with E-state index in [9.17, 15) is 4.39 Å². The number of hydrogen-bond donors (Lipinski definition) is 0. The van der Waals surface area contributed by atoms with Crippen LogP contribution < -0.4 is 0 Å². The summed E-state index contributed by atoms with van der Waals surface area (Å²) in [6, 6.07) is 5.60. The van der Waals surface area contributed by atoms with Crippen LogP contribution in [0, 0.1) is 0 Å². The summed E-state index contributed by atoms with van der Waals surface area (Å²) in [5.74, 6) is 0. The highest BCUT2D eigenvalue weighted by Crippen LogP contribution is 2.39. The zero-order valence-electron chi connectivity index (χ0n) is 13.7. The van der Waals surface area contributed by atoms with Gasteiger partial charge in [-0.2, -0.15) is 11.3 Å². The molecule has 3 nitrogen and oxygen atoms in total. The van der Waals surface area contributed by atoms with E-state index < -0.39 is 24.0 Å². The lowest BCUT2D eigenvalue weighted by molar-refractivity contribution is 0.00578. The van der Waals surface area contributed by atoms with E-state index >= 15 is 0 Å². The fourth-order valence-corrected chi connectivity index (χ4v) is 2.99. The van der Waals surface area contributed by atoms with Crippen LogP contribution in [0.5, 0.6) is 0 Å². The van der Waals surface area contributed by atoms with E-state index in [-0.39, 0.29) is 0 Å². The normalized spacial score (nSPS) is 20.0. The number of halogens is 1. The summed E-state index contributed by atoms with van der Waals surface area (Å²) in [6.07, 6.45) is 3.15. The van der Waals surface area contributed by atoms with Gasteiger partial charge in [0.25, 0.3) is 0 Å². The first-order chi connectivity index (χ1) is 10.8. The van der Waals surface area contributed by atoms with Gasteiger partial charge in [-0.05, 0) is 51.3 Å². The van der Waals surface area contributed by atoms with Gasteiger partial charge in [-0.1, -0.05) is 6.07 Å². The Bertz CT molecular complexity index is 712. The van der Waals surface area contributed by atoms with Crippen molar-refractivity contribution >= 4 is 24.5 Å². The third kappa shape index (κ3) is 3.11. The van der Waals surface area contributed by atoms with Gasteiger partial charge in [0.2, 0.25) is 0 Å². The fraction of sp³-hybridized carbons (Fsp3) is 0.353. The number of aromatic nitrogens is 1. The van der Waals surface area contributed by atoms with Crippen molar-refractivity contribution in [3.63, 3.8) is 0 Å². The van der Waals surface area contributed by atoms with Crippen molar-refractivity contribution in [3.05, 3.63) is 46.4 Å². The highest BCUT2D eigenvalue weighted by Gasteiger charge is 2.53. The van der Waals surface area contributed by atoms with Crippen molar-refractivity contribution in [1.29, 1.82) is 0 Å². The zero-order valence-corrected chi connectivity index (χ0v) is 14.5. The van der Waals surface area contributed by atoms with Crippen molar-refractivity contribution in [2.45, 2.75) is 38.9 Å². The van der Waals surface area contributed by atoms with Crippen LogP contribution in [0.4, 0.5) is 4.39 Å². The minimum atomic E-state index is -0.990. The number of nitrogens with zero attached hydrogens (tertiary/aromatic N) is 1. The number of pyridine rings is 1. The Morgan fingerprint density at radius 3 is 2.52 bits per heavy atom. The average Bonchev–Trinajstić information content (AvgIpc) is 3.06. The van der Waals surface area contributed by atoms with Crippen LogP contribution >= 0.6 is 11.3 Å². The molecule has 1 aliphatic heterocycles. The predicted molar refractivity (Wildman–Crippen MR) is 92.7 cm³/mol. The highest BCUT2D eigenvalue weighted by atomic mass is 32.1. The van der Waals surface area contributed by atoms with Crippen LogP contribution in [0.25, 0.3) is 17.3 Å². The molecule has 3 rings (SSSR count). The predicted octanol–water partition coefficient (Wildman–Crippen LogP) is 4.75. The monoisotopic (exact) mass is 331 g/mol. The Balaban J connectivity index is 1.91. The van der Waals surface area contributed by atoms with Gasteiger partial charge in [0.05, 0.1) is 16.9 Å². The van der Waals surface area contributed by atoms with E-state index in [0.717, 1.165) is 11.3 Å².